The predicted molar refractivity (Wildman–Crippen MR) is 202 cm³/mol. The molecule has 238 valence electrons. The van der Waals surface area contributed by atoms with Crippen LogP contribution in [0.5, 0.6) is 0 Å². The van der Waals surface area contributed by atoms with E-state index in [1.807, 2.05) is 49.6 Å². The van der Waals surface area contributed by atoms with Gasteiger partial charge in [-0.15, -0.1) is 0 Å². The number of aliphatic imine (C=N–C) groups is 1. The summed E-state index contributed by atoms with van der Waals surface area (Å²) in [6.45, 7) is 11.3. The quantitative estimate of drug-likeness (QED) is 0.193. The maximum atomic E-state index is 4.48. The maximum absolute atomic E-state index is 4.48. The Hall–Kier alpha value is -5.88. The van der Waals surface area contributed by atoms with Crippen molar-refractivity contribution in [2.45, 2.75) is 47.1 Å². The van der Waals surface area contributed by atoms with Gasteiger partial charge in [-0.2, -0.15) is 0 Å². The Kier molecular flexibility index (Phi) is 6.63. The molecule has 1 unspecified atom stereocenters. The molecule has 0 amide bonds. The van der Waals surface area contributed by atoms with Crippen molar-refractivity contribution in [3.8, 4) is 27.9 Å². The topological polar surface area (TPSA) is 59.2 Å². The van der Waals surface area contributed by atoms with E-state index in [4.69, 9.17) is 0 Å². The molecule has 1 atom stereocenters. The lowest BCUT2D eigenvalue weighted by atomic mass is 9.84. The van der Waals surface area contributed by atoms with Gasteiger partial charge in [0.1, 0.15) is 0 Å². The molecule has 0 aliphatic carbocycles. The van der Waals surface area contributed by atoms with Gasteiger partial charge >= 0.3 is 0 Å². The molecule has 0 saturated heterocycles. The van der Waals surface area contributed by atoms with Crippen LogP contribution < -0.4 is 4.90 Å². The molecular weight excluding hydrogens is 601 g/mol. The molecule has 6 heteroatoms. The van der Waals surface area contributed by atoms with Gasteiger partial charge in [-0.1, -0.05) is 18.2 Å². The summed E-state index contributed by atoms with van der Waals surface area (Å²) in [5.74, 6) is 0. The molecule has 6 heterocycles. The van der Waals surface area contributed by atoms with Crippen molar-refractivity contribution in [1.29, 1.82) is 0 Å². The maximum Gasteiger partial charge on any atom is 0.0663 e. The Morgan fingerprint density at radius 1 is 0.592 bits per heavy atom. The van der Waals surface area contributed by atoms with Gasteiger partial charge in [-0.25, -0.2) is 0 Å². The van der Waals surface area contributed by atoms with Gasteiger partial charge in [0.15, 0.2) is 0 Å². The molecule has 0 fully saturated rings. The molecule has 4 aromatic heterocycles. The van der Waals surface area contributed by atoms with E-state index in [1.165, 1.54) is 72.6 Å². The second kappa shape index (κ2) is 11.1. The van der Waals surface area contributed by atoms with Crippen molar-refractivity contribution in [3.63, 3.8) is 0 Å². The van der Waals surface area contributed by atoms with Gasteiger partial charge in [0.05, 0.1) is 22.8 Å². The third-order valence-electron chi connectivity index (χ3n) is 10.5. The van der Waals surface area contributed by atoms with Crippen LogP contribution in [0.1, 0.15) is 39.8 Å². The van der Waals surface area contributed by atoms with Gasteiger partial charge < -0.3 is 9.47 Å². The largest absolute Gasteiger partial charge is 0.333 e. The lowest BCUT2D eigenvalue weighted by Crippen LogP contribution is -2.28. The van der Waals surface area contributed by atoms with Gasteiger partial charge in [-0.3, -0.25) is 19.9 Å². The fraction of sp³-hybridized carbons (Fsp3) is 0.163. The zero-order chi connectivity index (χ0) is 33.4. The Labute approximate surface area is 286 Å². The highest BCUT2D eigenvalue weighted by atomic mass is 15.2. The molecule has 49 heavy (non-hydrogen) atoms. The minimum Gasteiger partial charge on any atom is -0.333 e. The van der Waals surface area contributed by atoms with E-state index in [0.29, 0.717) is 0 Å². The molecule has 2 aliphatic rings. The van der Waals surface area contributed by atoms with Crippen LogP contribution in [0, 0.1) is 34.6 Å². The molecular formula is C43H36N6. The van der Waals surface area contributed by atoms with Crippen molar-refractivity contribution in [3.05, 3.63) is 137 Å². The van der Waals surface area contributed by atoms with Crippen LogP contribution in [0.2, 0.25) is 0 Å². The number of benzene rings is 3. The van der Waals surface area contributed by atoms with Crippen LogP contribution in [0.15, 0.2) is 109 Å². The van der Waals surface area contributed by atoms with E-state index in [9.17, 15) is 0 Å². The zero-order valence-corrected chi connectivity index (χ0v) is 28.4. The van der Waals surface area contributed by atoms with Gasteiger partial charge in [-0.05, 0) is 127 Å². The Morgan fingerprint density at radius 2 is 1.18 bits per heavy atom. The standard InChI is InChI=1S/C43H36N6/c1-25-19-30(48-38-10-14-44-21-34(38)35-22-45-15-11-39(35)48)6-8-32(25)42-27(3)18-28(4)43(29(42)5)33-9-7-31(20-26(33)2)49-40-12-16-46-23-36(40)37-24-47-17-13-41(37)49/h6-12,14-24,41H,13H2,1-5H3. The Morgan fingerprint density at radius 3 is 1.84 bits per heavy atom. The predicted octanol–water partition coefficient (Wildman–Crippen LogP) is 10.2. The van der Waals surface area contributed by atoms with Gasteiger partial charge in [0.2, 0.25) is 0 Å². The summed E-state index contributed by atoms with van der Waals surface area (Å²) >= 11 is 0. The number of nitrogens with zero attached hydrogens (tertiary/aromatic N) is 6. The van der Waals surface area contributed by atoms with Crippen LogP contribution in [-0.4, -0.2) is 31.8 Å². The summed E-state index contributed by atoms with van der Waals surface area (Å²) in [6.07, 6.45) is 16.4. The summed E-state index contributed by atoms with van der Waals surface area (Å²) in [6, 6.07) is 22.7. The van der Waals surface area contributed by atoms with E-state index in [0.717, 1.165) is 33.9 Å². The molecule has 0 saturated carbocycles. The number of aromatic nitrogens is 4. The van der Waals surface area contributed by atoms with Crippen molar-refractivity contribution >= 4 is 45.0 Å². The molecule has 6 nitrogen and oxygen atoms in total. The normalized spacial score (nSPS) is 15.2. The van der Waals surface area contributed by atoms with Crippen molar-refractivity contribution in [2.24, 2.45) is 4.99 Å². The van der Waals surface area contributed by atoms with Crippen LogP contribution in [0.25, 0.3) is 55.3 Å². The minimum atomic E-state index is 0.234. The van der Waals surface area contributed by atoms with Crippen molar-refractivity contribution in [2.75, 3.05) is 4.90 Å². The minimum absolute atomic E-state index is 0.234. The third kappa shape index (κ3) is 4.40. The summed E-state index contributed by atoms with van der Waals surface area (Å²) in [4.78, 5) is 20.2. The van der Waals surface area contributed by atoms with Crippen molar-refractivity contribution in [1.82, 2.24) is 19.5 Å². The van der Waals surface area contributed by atoms with E-state index in [2.05, 4.69) is 125 Å². The van der Waals surface area contributed by atoms with E-state index in [-0.39, 0.29) is 6.04 Å². The molecule has 0 radical (unpaired) electrons. The summed E-state index contributed by atoms with van der Waals surface area (Å²) in [5.41, 5.74) is 19.8. The molecule has 2 aliphatic heterocycles. The highest BCUT2D eigenvalue weighted by Crippen LogP contribution is 2.48. The molecule has 0 spiro atoms. The Balaban J connectivity index is 1.13. The zero-order valence-electron chi connectivity index (χ0n) is 28.4. The number of pyridine rings is 3. The van der Waals surface area contributed by atoms with Gasteiger partial charge in [0, 0.05) is 89.3 Å². The number of aryl methyl sites for hydroxylation is 4. The average Bonchev–Trinajstić information content (AvgIpc) is 3.63. The monoisotopic (exact) mass is 636 g/mol. The highest BCUT2D eigenvalue weighted by Gasteiger charge is 2.35. The fourth-order valence-corrected chi connectivity index (χ4v) is 8.45. The first-order chi connectivity index (χ1) is 23.9. The van der Waals surface area contributed by atoms with Gasteiger partial charge in [0.25, 0.3) is 0 Å². The molecule has 7 aromatic rings. The molecule has 3 aromatic carbocycles. The first-order valence-corrected chi connectivity index (χ1v) is 16.9. The highest BCUT2D eigenvalue weighted by molar-refractivity contribution is 6.08. The Bertz CT molecular complexity index is 2500. The van der Waals surface area contributed by atoms with Crippen LogP contribution in [0.4, 0.5) is 11.4 Å². The second-order valence-electron chi connectivity index (χ2n) is 13.4. The summed E-state index contributed by atoms with van der Waals surface area (Å²) in [7, 11) is 0. The van der Waals surface area contributed by atoms with Crippen LogP contribution >= 0.6 is 0 Å². The van der Waals surface area contributed by atoms with Crippen molar-refractivity contribution < 1.29 is 0 Å². The molecule has 0 N–H and O–H groups in total. The second-order valence-corrected chi connectivity index (χ2v) is 13.4. The number of fused-ring (bicyclic) bond motifs is 6. The first kappa shape index (κ1) is 29.3. The third-order valence-corrected chi connectivity index (χ3v) is 10.5. The fourth-order valence-electron chi connectivity index (χ4n) is 8.45. The smallest absolute Gasteiger partial charge is 0.0663 e. The first-order valence-electron chi connectivity index (χ1n) is 16.9. The van der Waals surface area contributed by atoms with E-state index in [1.54, 1.807) is 0 Å². The van der Waals surface area contributed by atoms with Crippen LogP contribution in [0.3, 0.4) is 0 Å². The molecule has 9 rings (SSSR count). The summed E-state index contributed by atoms with van der Waals surface area (Å²) in [5, 5.41) is 2.22. The van der Waals surface area contributed by atoms with E-state index >= 15 is 0 Å². The van der Waals surface area contributed by atoms with E-state index < -0.39 is 0 Å². The lowest BCUT2D eigenvalue weighted by Gasteiger charge is -2.29. The SMILES string of the molecule is Cc1cc(N2c3ccncc3C3=CN=CCC32)ccc1-c1c(C)cc(C)c(-c2ccc(-n3c4ccncc4c4cnccc43)cc2C)c1C. The molecule has 0 bridgehead atoms. The number of hydrogen-bond donors (Lipinski definition) is 0. The lowest BCUT2D eigenvalue weighted by molar-refractivity contribution is 0.857. The van der Waals surface area contributed by atoms with Crippen LogP contribution in [-0.2, 0) is 0 Å². The summed E-state index contributed by atoms with van der Waals surface area (Å²) < 4.78 is 2.32. The number of hydrogen-bond acceptors (Lipinski definition) is 5. The average molecular weight is 637 g/mol. The number of anilines is 2. The number of rotatable bonds is 4.